The number of hydrogen-bond acceptors (Lipinski definition) is 2. The van der Waals surface area contributed by atoms with Gasteiger partial charge in [0.2, 0.25) is 0 Å². The summed E-state index contributed by atoms with van der Waals surface area (Å²) in [6.45, 7) is 6.46. The minimum atomic E-state index is -0.433. The van der Waals surface area contributed by atoms with Gasteiger partial charge in [-0.1, -0.05) is 5.92 Å². The normalized spacial score (nSPS) is 26.5. The predicted molar refractivity (Wildman–Crippen MR) is 66.5 cm³/mol. The molecule has 3 nitrogen and oxygen atoms in total. The first kappa shape index (κ1) is 12.3. The number of ether oxygens (including phenoxy) is 1. The third-order valence-corrected chi connectivity index (χ3v) is 3.59. The molecule has 94 valence electrons. The van der Waals surface area contributed by atoms with E-state index in [-0.39, 0.29) is 17.6 Å². The first-order valence-electron chi connectivity index (χ1n) is 6.35. The SMILES string of the molecule is C#CC1(C2CCCN2C(=O)OC(C)(C)C)CC1. The molecule has 1 saturated heterocycles. The third kappa shape index (κ3) is 2.41. The van der Waals surface area contributed by atoms with Gasteiger partial charge in [0.1, 0.15) is 5.60 Å². The molecule has 1 atom stereocenters. The van der Waals surface area contributed by atoms with Gasteiger partial charge in [-0.3, -0.25) is 0 Å². The van der Waals surface area contributed by atoms with Gasteiger partial charge in [-0.2, -0.15) is 0 Å². The Morgan fingerprint density at radius 3 is 2.59 bits per heavy atom. The molecule has 2 fully saturated rings. The molecule has 1 heterocycles. The first-order valence-corrected chi connectivity index (χ1v) is 6.35. The van der Waals surface area contributed by atoms with Crippen LogP contribution in [0.1, 0.15) is 46.5 Å². The van der Waals surface area contributed by atoms with Gasteiger partial charge in [-0.25, -0.2) is 4.79 Å². The average Bonchev–Trinajstić information content (AvgIpc) is 2.85. The van der Waals surface area contributed by atoms with E-state index in [0.29, 0.717) is 0 Å². The van der Waals surface area contributed by atoms with Gasteiger partial charge in [-0.05, 0) is 46.5 Å². The van der Waals surface area contributed by atoms with E-state index in [2.05, 4.69) is 5.92 Å². The summed E-state index contributed by atoms with van der Waals surface area (Å²) in [5, 5.41) is 0. The average molecular weight is 235 g/mol. The van der Waals surface area contributed by atoms with Crippen molar-refractivity contribution in [3.63, 3.8) is 0 Å². The Morgan fingerprint density at radius 1 is 1.47 bits per heavy atom. The zero-order valence-electron chi connectivity index (χ0n) is 11.0. The lowest BCUT2D eigenvalue weighted by molar-refractivity contribution is 0.0187. The van der Waals surface area contributed by atoms with Crippen molar-refractivity contribution in [2.24, 2.45) is 5.41 Å². The van der Waals surface area contributed by atoms with E-state index in [9.17, 15) is 4.79 Å². The largest absolute Gasteiger partial charge is 0.444 e. The van der Waals surface area contributed by atoms with Gasteiger partial charge >= 0.3 is 6.09 Å². The zero-order valence-corrected chi connectivity index (χ0v) is 11.0. The molecule has 3 heteroatoms. The predicted octanol–water partition coefficient (Wildman–Crippen LogP) is 2.80. The Hall–Kier alpha value is -1.17. The molecular formula is C14H21NO2. The van der Waals surface area contributed by atoms with E-state index in [1.54, 1.807) is 0 Å². The topological polar surface area (TPSA) is 29.5 Å². The number of terminal acetylenes is 1. The Labute approximate surface area is 104 Å². The van der Waals surface area contributed by atoms with Crippen molar-refractivity contribution in [1.29, 1.82) is 0 Å². The number of amides is 1. The van der Waals surface area contributed by atoms with E-state index < -0.39 is 5.60 Å². The summed E-state index contributed by atoms with van der Waals surface area (Å²) in [7, 11) is 0. The molecule has 2 aliphatic rings. The second-order valence-corrected chi connectivity index (χ2v) is 6.13. The maximum absolute atomic E-state index is 12.1. The number of hydrogen-bond donors (Lipinski definition) is 0. The molecule has 1 saturated carbocycles. The van der Waals surface area contributed by atoms with Gasteiger partial charge in [-0.15, -0.1) is 6.42 Å². The molecule has 1 aliphatic heterocycles. The van der Waals surface area contributed by atoms with Gasteiger partial charge in [0.15, 0.2) is 0 Å². The fourth-order valence-electron chi connectivity index (χ4n) is 2.59. The second-order valence-electron chi connectivity index (χ2n) is 6.13. The lowest BCUT2D eigenvalue weighted by Gasteiger charge is -2.31. The maximum Gasteiger partial charge on any atom is 0.410 e. The van der Waals surface area contributed by atoms with Crippen LogP contribution in [-0.4, -0.2) is 29.2 Å². The summed E-state index contributed by atoms with van der Waals surface area (Å²) in [5.41, 5.74) is -0.482. The summed E-state index contributed by atoms with van der Waals surface area (Å²) in [6.07, 6.45) is 9.55. The van der Waals surface area contributed by atoms with Crippen molar-refractivity contribution in [3.05, 3.63) is 0 Å². The highest BCUT2D eigenvalue weighted by molar-refractivity contribution is 5.69. The monoisotopic (exact) mass is 235 g/mol. The molecule has 0 aromatic carbocycles. The van der Waals surface area contributed by atoms with Crippen molar-refractivity contribution in [1.82, 2.24) is 4.90 Å². The van der Waals surface area contributed by atoms with Gasteiger partial charge in [0.05, 0.1) is 11.5 Å². The minimum Gasteiger partial charge on any atom is -0.444 e. The fourth-order valence-corrected chi connectivity index (χ4v) is 2.59. The highest BCUT2D eigenvalue weighted by Gasteiger charge is 2.53. The van der Waals surface area contributed by atoms with Crippen LogP contribution in [0.2, 0.25) is 0 Å². The summed E-state index contributed by atoms with van der Waals surface area (Å²) in [5.74, 6) is 2.89. The molecule has 17 heavy (non-hydrogen) atoms. The van der Waals surface area contributed by atoms with E-state index in [1.165, 1.54) is 0 Å². The van der Waals surface area contributed by atoms with Crippen LogP contribution in [0.3, 0.4) is 0 Å². The molecule has 1 unspecified atom stereocenters. The van der Waals surface area contributed by atoms with Gasteiger partial charge in [0, 0.05) is 6.54 Å². The Balaban J connectivity index is 2.06. The lowest BCUT2D eigenvalue weighted by Crippen LogP contribution is -2.43. The van der Waals surface area contributed by atoms with Gasteiger partial charge in [0.25, 0.3) is 0 Å². The standard InChI is InChI=1S/C14H21NO2/c1-5-14(8-9-14)11-7-6-10-15(11)12(16)17-13(2,3)4/h1,11H,6-10H2,2-4H3. The Kier molecular flexibility index (Phi) is 2.85. The van der Waals surface area contributed by atoms with Crippen molar-refractivity contribution in [2.75, 3.05) is 6.54 Å². The van der Waals surface area contributed by atoms with Crippen molar-refractivity contribution < 1.29 is 9.53 Å². The number of carbonyl (C=O) groups excluding carboxylic acids is 1. The molecule has 0 aromatic heterocycles. The van der Waals surface area contributed by atoms with Crippen LogP contribution >= 0.6 is 0 Å². The van der Waals surface area contributed by atoms with Crippen LogP contribution in [-0.2, 0) is 4.74 Å². The molecule has 1 amide bonds. The van der Waals surface area contributed by atoms with Crippen molar-refractivity contribution in [2.45, 2.75) is 58.1 Å². The van der Waals surface area contributed by atoms with Gasteiger partial charge < -0.3 is 9.64 Å². The summed E-state index contributed by atoms with van der Waals surface area (Å²) >= 11 is 0. The molecule has 0 radical (unpaired) electrons. The number of likely N-dealkylation sites (tertiary alicyclic amines) is 1. The van der Waals surface area contributed by atoms with Crippen LogP contribution in [0, 0.1) is 17.8 Å². The third-order valence-electron chi connectivity index (χ3n) is 3.59. The second kappa shape index (κ2) is 3.94. The summed E-state index contributed by atoms with van der Waals surface area (Å²) < 4.78 is 5.44. The maximum atomic E-state index is 12.1. The van der Waals surface area contributed by atoms with E-state index in [0.717, 1.165) is 32.2 Å². The molecule has 1 aliphatic carbocycles. The molecule has 0 N–H and O–H groups in total. The quantitative estimate of drug-likeness (QED) is 0.654. The van der Waals surface area contributed by atoms with Crippen LogP contribution in [0.4, 0.5) is 4.79 Å². The zero-order chi connectivity index (χ0) is 12.7. The molecule has 2 rings (SSSR count). The summed E-state index contributed by atoms with van der Waals surface area (Å²) in [4.78, 5) is 13.9. The summed E-state index contributed by atoms with van der Waals surface area (Å²) in [6, 6.07) is 0.197. The Morgan fingerprint density at radius 2 is 2.12 bits per heavy atom. The van der Waals surface area contributed by atoms with Crippen LogP contribution in [0.15, 0.2) is 0 Å². The lowest BCUT2D eigenvalue weighted by atomic mass is 9.95. The van der Waals surface area contributed by atoms with Crippen molar-refractivity contribution >= 4 is 6.09 Å². The molecule has 0 aromatic rings. The van der Waals surface area contributed by atoms with E-state index in [1.807, 2.05) is 25.7 Å². The number of rotatable bonds is 1. The first-order chi connectivity index (χ1) is 7.88. The smallest absolute Gasteiger partial charge is 0.410 e. The minimum absolute atomic E-state index is 0.0482. The molecular weight excluding hydrogens is 214 g/mol. The molecule has 0 spiro atoms. The van der Waals surface area contributed by atoms with E-state index >= 15 is 0 Å². The van der Waals surface area contributed by atoms with Crippen LogP contribution in [0.5, 0.6) is 0 Å². The van der Waals surface area contributed by atoms with E-state index in [4.69, 9.17) is 11.2 Å². The highest BCUT2D eigenvalue weighted by atomic mass is 16.6. The number of nitrogens with zero attached hydrogens (tertiary/aromatic N) is 1. The van der Waals surface area contributed by atoms with Crippen molar-refractivity contribution in [3.8, 4) is 12.3 Å². The number of carbonyl (C=O) groups is 1. The van der Waals surface area contributed by atoms with Crippen LogP contribution < -0.4 is 0 Å². The molecule has 0 bridgehead atoms. The highest BCUT2D eigenvalue weighted by Crippen LogP contribution is 2.52. The van der Waals surface area contributed by atoms with Crippen LogP contribution in [0.25, 0.3) is 0 Å². The fraction of sp³-hybridized carbons (Fsp3) is 0.786. The Bertz CT molecular complexity index is 357.